The number of nitrogens with one attached hydrogen (secondary N) is 1. The molecule has 4 nitrogen and oxygen atoms in total. The lowest BCUT2D eigenvalue weighted by atomic mass is 10.1. The summed E-state index contributed by atoms with van der Waals surface area (Å²) in [5.41, 5.74) is 0. The van der Waals surface area contributed by atoms with E-state index >= 15 is 0 Å². The normalized spacial score (nSPS) is 14.1. The van der Waals surface area contributed by atoms with E-state index in [9.17, 15) is 18.0 Å². The number of aliphatic carboxylic acids is 1. The van der Waals surface area contributed by atoms with Crippen LogP contribution in [0, 0.1) is 5.92 Å². The molecule has 1 unspecified atom stereocenters. The van der Waals surface area contributed by atoms with Crippen LogP contribution in [0.1, 0.15) is 6.42 Å². The molecule has 0 aromatic heterocycles. The number of alkyl halides is 3. The van der Waals surface area contributed by atoms with Gasteiger partial charge in [0.25, 0.3) is 0 Å². The minimum Gasteiger partial charge on any atom is -0.481 e. The predicted molar refractivity (Wildman–Crippen MR) is 53.2 cm³/mol. The first kappa shape index (κ1) is 15.2. The fourth-order valence-electron chi connectivity index (χ4n) is 1.11. The maximum Gasteiger partial charge on any atom is 0.403 e. The van der Waals surface area contributed by atoms with Gasteiger partial charge in [-0.2, -0.15) is 13.2 Å². The zero-order chi connectivity index (χ0) is 12.8. The molecule has 0 heterocycles. The van der Waals surface area contributed by atoms with Gasteiger partial charge in [0.15, 0.2) is 5.92 Å². The molecule has 0 aromatic rings. The van der Waals surface area contributed by atoms with E-state index in [1.165, 1.54) is 0 Å². The Labute approximate surface area is 92.4 Å². The van der Waals surface area contributed by atoms with Crippen LogP contribution >= 0.6 is 0 Å². The maximum absolute atomic E-state index is 12.2. The van der Waals surface area contributed by atoms with E-state index in [1.54, 1.807) is 0 Å². The summed E-state index contributed by atoms with van der Waals surface area (Å²) in [6.07, 6.45) is -4.02. The second-order valence-electron chi connectivity index (χ2n) is 3.79. The number of carbonyl (C=O) groups is 1. The largest absolute Gasteiger partial charge is 0.481 e. The second kappa shape index (κ2) is 6.70. The van der Waals surface area contributed by atoms with Crippen LogP contribution in [0.4, 0.5) is 13.2 Å². The first-order chi connectivity index (χ1) is 7.25. The summed E-state index contributed by atoms with van der Waals surface area (Å²) in [5, 5.41) is 10.9. The molecule has 0 bridgehead atoms. The Morgan fingerprint density at radius 3 is 2.38 bits per heavy atom. The summed E-state index contributed by atoms with van der Waals surface area (Å²) < 4.78 is 36.5. The number of rotatable bonds is 7. The van der Waals surface area contributed by atoms with Crippen LogP contribution in [0.3, 0.4) is 0 Å². The molecule has 0 aliphatic heterocycles. The summed E-state index contributed by atoms with van der Waals surface area (Å²) in [6, 6.07) is 0. The molecule has 7 heteroatoms. The van der Waals surface area contributed by atoms with Crippen LogP contribution in [0.15, 0.2) is 0 Å². The van der Waals surface area contributed by atoms with Crippen molar-refractivity contribution in [1.82, 2.24) is 10.2 Å². The Hall–Kier alpha value is -0.820. The van der Waals surface area contributed by atoms with Gasteiger partial charge >= 0.3 is 12.1 Å². The minimum atomic E-state index is -4.69. The SMILES string of the molecule is CN(C)CCCNCC(C(=O)O)C(F)(F)F. The van der Waals surface area contributed by atoms with Crippen molar-refractivity contribution in [3.05, 3.63) is 0 Å². The fraction of sp³-hybridized carbons (Fsp3) is 0.889. The minimum absolute atomic E-state index is 0.373. The van der Waals surface area contributed by atoms with Crippen molar-refractivity contribution in [2.45, 2.75) is 12.6 Å². The van der Waals surface area contributed by atoms with E-state index in [0.29, 0.717) is 13.0 Å². The molecule has 0 amide bonds. The summed E-state index contributed by atoms with van der Waals surface area (Å²) in [6.45, 7) is 0.543. The van der Waals surface area contributed by atoms with Crippen molar-refractivity contribution in [3.8, 4) is 0 Å². The van der Waals surface area contributed by atoms with Crippen molar-refractivity contribution < 1.29 is 23.1 Å². The maximum atomic E-state index is 12.2. The van der Waals surface area contributed by atoms with Gasteiger partial charge in [-0.25, -0.2) is 0 Å². The van der Waals surface area contributed by atoms with Crippen LogP contribution < -0.4 is 5.32 Å². The molecule has 0 rings (SSSR count). The van der Waals surface area contributed by atoms with Crippen molar-refractivity contribution in [3.63, 3.8) is 0 Å². The number of hydrogen-bond donors (Lipinski definition) is 2. The quantitative estimate of drug-likeness (QED) is 0.648. The third-order valence-electron chi connectivity index (χ3n) is 2.00. The Kier molecular flexibility index (Phi) is 6.35. The highest BCUT2D eigenvalue weighted by Crippen LogP contribution is 2.25. The highest BCUT2D eigenvalue weighted by atomic mass is 19.4. The summed E-state index contributed by atoms with van der Waals surface area (Å²) >= 11 is 0. The number of nitrogens with zero attached hydrogens (tertiary/aromatic N) is 1. The molecular weight excluding hydrogens is 225 g/mol. The van der Waals surface area contributed by atoms with E-state index in [2.05, 4.69) is 5.32 Å². The van der Waals surface area contributed by atoms with Crippen LogP contribution in [-0.2, 0) is 4.79 Å². The average molecular weight is 242 g/mol. The van der Waals surface area contributed by atoms with Crippen LogP contribution in [0.2, 0.25) is 0 Å². The summed E-state index contributed by atoms with van der Waals surface area (Å²) in [7, 11) is 3.71. The van der Waals surface area contributed by atoms with Crippen LogP contribution in [-0.4, -0.2) is 55.9 Å². The van der Waals surface area contributed by atoms with Gasteiger partial charge in [0.2, 0.25) is 0 Å². The molecule has 96 valence electrons. The molecule has 16 heavy (non-hydrogen) atoms. The fourth-order valence-corrected chi connectivity index (χ4v) is 1.11. The number of halogens is 3. The van der Waals surface area contributed by atoms with Gasteiger partial charge in [-0.3, -0.25) is 4.79 Å². The number of carboxylic acids is 1. The molecule has 0 radical (unpaired) electrons. The third kappa shape index (κ3) is 6.62. The van der Waals surface area contributed by atoms with Gasteiger partial charge in [0.1, 0.15) is 0 Å². The monoisotopic (exact) mass is 242 g/mol. The highest BCUT2D eigenvalue weighted by molar-refractivity contribution is 5.71. The lowest BCUT2D eigenvalue weighted by Crippen LogP contribution is -2.39. The van der Waals surface area contributed by atoms with Gasteiger partial charge in [0, 0.05) is 6.54 Å². The van der Waals surface area contributed by atoms with Crippen LogP contribution in [0.5, 0.6) is 0 Å². The Morgan fingerprint density at radius 1 is 1.44 bits per heavy atom. The predicted octanol–water partition coefficient (Wildman–Crippen LogP) is 0.791. The van der Waals surface area contributed by atoms with Crippen molar-refractivity contribution in [2.75, 3.05) is 33.7 Å². The summed E-state index contributed by atoms with van der Waals surface area (Å²) in [4.78, 5) is 12.3. The van der Waals surface area contributed by atoms with E-state index in [1.807, 2.05) is 19.0 Å². The first-order valence-corrected chi connectivity index (χ1v) is 4.90. The Morgan fingerprint density at radius 2 is 2.00 bits per heavy atom. The van der Waals surface area contributed by atoms with Gasteiger partial charge in [-0.15, -0.1) is 0 Å². The molecule has 0 saturated carbocycles. The smallest absolute Gasteiger partial charge is 0.403 e. The second-order valence-corrected chi connectivity index (χ2v) is 3.79. The third-order valence-corrected chi connectivity index (χ3v) is 2.00. The molecule has 0 saturated heterocycles. The van der Waals surface area contributed by atoms with E-state index < -0.39 is 24.6 Å². The van der Waals surface area contributed by atoms with E-state index in [4.69, 9.17) is 5.11 Å². The van der Waals surface area contributed by atoms with Crippen molar-refractivity contribution in [1.29, 1.82) is 0 Å². The topological polar surface area (TPSA) is 52.6 Å². The van der Waals surface area contributed by atoms with E-state index in [-0.39, 0.29) is 0 Å². The van der Waals surface area contributed by atoms with Crippen molar-refractivity contribution in [2.24, 2.45) is 5.92 Å². The molecule has 0 aliphatic carbocycles. The van der Waals surface area contributed by atoms with Gasteiger partial charge in [-0.1, -0.05) is 0 Å². The molecule has 0 spiro atoms. The summed E-state index contributed by atoms with van der Waals surface area (Å²) in [5.74, 6) is -4.17. The van der Waals surface area contributed by atoms with Gasteiger partial charge in [-0.05, 0) is 33.6 Å². The zero-order valence-corrected chi connectivity index (χ0v) is 9.34. The number of hydrogen-bond acceptors (Lipinski definition) is 3. The molecule has 1 atom stereocenters. The Bertz CT molecular complexity index is 219. The highest BCUT2D eigenvalue weighted by Gasteiger charge is 2.44. The van der Waals surface area contributed by atoms with Crippen LogP contribution in [0.25, 0.3) is 0 Å². The zero-order valence-electron chi connectivity index (χ0n) is 9.34. The van der Waals surface area contributed by atoms with Gasteiger partial charge < -0.3 is 15.3 Å². The molecule has 2 N–H and O–H groups in total. The van der Waals surface area contributed by atoms with E-state index in [0.717, 1.165) is 6.54 Å². The number of carboxylic acid groups (broad SMARTS) is 1. The van der Waals surface area contributed by atoms with Gasteiger partial charge in [0.05, 0.1) is 0 Å². The molecule has 0 fully saturated rings. The lowest BCUT2D eigenvalue weighted by Gasteiger charge is -2.17. The molecule has 0 aliphatic rings. The van der Waals surface area contributed by atoms with Crippen molar-refractivity contribution >= 4 is 5.97 Å². The lowest BCUT2D eigenvalue weighted by molar-refractivity contribution is -0.192. The Balaban J connectivity index is 3.83. The first-order valence-electron chi connectivity index (χ1n) is 4.90. The average Bonchev–Trinajstić information content (AvgIpc) is 2.07. The molecule has 0 aromatic carbocycles. The standard InChI is InChI=1S/C9H17F3N2O2/c1-14(2)5-3-4-13-6-7(8(15)16)9(10,11)12/h7,13H,3-6H2,1-2H3,(H,15,16). The molecular formula is C9H17F3N2O2.